The molecule has 0 atom stereocenters. The van der Waals surface area contributed by atoms with Crippen LogP contribution in [0.1, 0.15) is 38.4 Å². The van der Waals surface area contributed by atoms with Gasteiger partial charge >= 0.3 is 0 Å². The molecule has 0 unspecified atom stereocenters. The van der Waals surface area contributed by atoms with Gasteiger partial charge in [-0.25, -0.2) is 0 Å². The second kappa shape index (κ2) is 5.25. The van der Waals surface area contributed by atoms with Crippen LogP contribution >= 0.6 is 0 Å². The standard InChI is InChI=1S/C15H18N2O3/c1-2-19-15(9-3-4-10-15)14-16-13(20-17-14)11-5-7-12(18)8-6-11/h5-8,18H,2-4,9-10H2,1H3. The number of aromatic nitrogens is 2. The number of rotatable bonds is 4. The Morgan fingerprint density at radius 1 is 1.25 bits per heavy atom. The molecule has 106 valence electrons. The maximum Gasteiger partial charge on any atom is 0.258 e. The molecule has 0 aliphatic heterocycles. The summed E-state index contributed by atoms with van der Waals surface area (Å²) >= 11 is 0. The SMILES string of the molecule is CCOC1(c2noc(-c3ccc(O)cc3)n2)CCCC1. The molecule has 0 amide bonds. The molecule has 1 heterocycles. The van der Waals surface area contributed by atoms with Gasteiger partial charge in [0.05, 0.1) is 0 Å². The van der Waals surface area contributed by atoms with Crippen LogP contribution in [0.15, 0.2) is 28.8 Å². The van der Waals surface area contributed by atoms with E-state index in [-0.39, 0.29) is 11.4 Å². The van der Waals surface area contributed by atoms with Crippen LogP contribution < -0.4 is 0 Å². The number of phenols is 1. The first-order valence-corrected chi connectivity index (χ1v) is 7.01. The van der Waals surface area contributed by atoms with E-state index in [1.165, 1.54) is 0 Å². The lowest BCUT2D eigenvalue weighted by atomic mass is 10.0. The molecule has 1 fully saturated rings. The Bertz CT molecular complexity index is 571. The Kier molecular flexibility index (Phi) is 3.44. The fourth-order valence-corrected chi connectivity index (χ4v) is 2.78. The van der Waals surface area contributed by atoms with Gasteiger partial charge in [-0.15, -0.1) is 0 Å². The highest BCUT2D eigenvalue weighted by Gasteiger charge is 2.40. The van der Waals surface area contributed by atoms with Crippen LogP contribution in [-0.4, -0.2) is 21.9 Å². The highest BCUT2D eigenvalue weighted by Crippen LogP contribution is 2.41. The van der Waals surface area contributed by atoms with Gasteiger partial charge in [0.1, 0.15) is 11.4 Å². The molecule has 20 heavy (non-hydrogen) atoms. The van der Waals surface area contributed by atoms with Crippen LogP contribution in [-0.2, 0) is 10.3 Å². The first-order chi connectivity index (χ1) is 9.73. The molecule has 0 bridgehead atoms. The minimum Gasteiger partial charge on any atom is -0.508 e. The van der Waals surface area contributed by atoms with Crippen LogP contribution in [0.4, 0.5) is 0 Å². The molecule has 1 N–H and O–H groups in total. The number of benzene rings is 1. The van der Waals surface area contributed by atoms with E-state index in [9.17, 15) is 5.11 Å². The number of nitrogens with zero attached hydrogens (tertiary/aromatic N) is 2. The van der Waals surface area contributed by atoms with Gasteiger partial charge in [0.25, 0.3) is 5.89 Å². The summed E-state index contributed by atoms with van der Waals surface area (Å²) in [6.45, 7) is 2.63. The highest BCUT2D eigenvalue weighted by molar-refractivity contribution is 5.54. The predicted octanol–water partition coefficient (Wildman–Crippen LogP) is 3.25. The second-order valence-electron chi connectivity index (χ2n) is 5.10. The van der Waals surface area contributed by atoms with Crippen molar-refractivity contribution < 1.29 is 14.4 Å². The average molecular weight is 274 g/mol. The van der Waals surface area contributed by atoms with Gasteiger partial charge in [0.15, 0.2) is 0 Å². The molecule has 0 saturated heterocycles. The molecule has 1 saturated carbocycles. The van der Waals surface area contributed by atoms with Crippen molar-refractivity contribution >= 4 is 0 Å². The molecule has 1 aliphatic carbocycles. The first kappa shape index (κ1) is 13.1. The number of hydrogen-bond acceptors (Lipinski definition) is 5. The Hall–Kier alpha value is -1.88. The van der Waals surface area contributed by atoms with Gasteiger partial charge in [-0.3, -0.25) is 0 Å². The maximum absolute atomic E-state index is 9.31. The first-order valence-electron chi connectivity index (χ1n) is 7.01. The Morgan fingerprint density at radius 2 is 1.95 bits per heavy atom. The predicted molar refractivity (Wildman–Crippen MR) is 73.2 cm³/mol. The molecule has 5 nitrogen and oxygen atoms in total. The molecule has 1 aliphatic rings. The maximum atomic E-state index is 9.31. The van der Waals surface area contributed by atoms with E-state index in [1.54, 1.807) is 24.3 Å². The summed E-state index contributed by atoms with van der Waals surface area (Å²) < 4.78 is 11.3. The number of aromatic hydroxyl groups is 1. The van der Waals surface area contributed by atoms with Crippen molar-refractivity contribution in [2.45, 2.75) is 38.2 Å². The number of hydrogen-bond donors (Lipinski definition) is 1. The van der Waals surface area contributed by atoms with Gasteiger partial charge in [-0.05, 0) is 56.9 Å². The minimum absolute atomic E-state index is 0.218. The number of phenolic OH excluding ortho intramolecular Hbond substituents is 1. The lowest BCUT2D eigenvalue weighted by Crippen LogP contribution is -2.27. The average Bonchev–Trinajstić information content (AvgIpc) is 3.09. The summed E-state index contributed by atoms with van der Waals surface area (Å²) in [6, 6.07) is 6.73. The molecule has 1 aromatic heterocycles. The van der Waals surface area contributed by atoms with Crippen LogP contribution in [0.2, 0.25) is 0 Å². The zero-order valence-electron chi connectivity index (χ0n) is 11.5. The molecule has 0 spiro atoms. The van der Waals surface area contributed by atoms with Gasteiger partial charge < -0.3 is 14.4 Å². The van der Waals surface area contributed by atoms with E-state index in [0.29, 0.717) is 18.3 Å². The van der Waals surface area contributed by atoms with Gasteiger partial charge in [-0.2, -0.15) is 4.98 Å². The van der Waals surface area contributed by atoms with E-state index >= 15 is 0 Å². The van der Waals surface area contributed by atoms with E-state index in [2.05, 4.69) is 10.1 Å². The van der Waals surface area contributed by atoms with E-state index in [0.717, 1.165) is 31.2 Å². The monoisotopic (exact) mass is 274 g/mol. The normalized spacial score (nSPS) is 17.4. The van der Waals surface area contributed by atoms with E-state index in [1.807, 2.05) is 6.92 Å². The van der Waals surface area contributed by atoms with Gasteiger partial charge in [0, 0.05) is 12.2 Å². The van der Waals surface area contributed by atoms with Crippen molar-refractivity contribution in [3.05, 3.63) is 30.1 Å². The molecule has 2 aromatic rings. The van der Waals surface area contributed by atoms with Crippen molar-refractivity contribution in [1.29, 1.82) is 0 Å². The van der Waals surface area contributed by atoms with Crippen LogP contribution in [0.25, 0.3) is 11.5 Å². The van der Waals surface area contributed by atoms with Gasteiger partial charge in [0.2, 0.25) is 5.82 Å². The van der Waals surface area contributed by atoms with Crippen molar-refractivity contribution in [2.24, 2.45) is 0 Å². The smallest absolute Gasteiger partial charge is 0.258 e. The van der Waals surface area contributed by atoms with Gasteiger partial charge in [-0.1, -0.05) is 5.16 Å². The summed E-state index contributed by atoms with van der Waals surface area (Å²) in [5, 5.41) is 13.4. The van der Waals surface area contributed by atoms with Crippen molar-refractivity contribution in [2.75, 3.05) is 6.61 Å². The van der Waals surface area contributed by atoms with E-state index in [4.69, 9.17) is 9.26 Å². The van der Waals surface area contributed by atoms with Crippen LogP contribution in [0.5, 0.6) is 5.75 Å². The largest absolute Gasteiger partial charge is 0.508 e. The molecule has 0 radical (unpaired) electrons. The molecular weight excluding hydrogens is 256 g/mol. The third kappa shape index (κ3) is 2.29. The zero-order chi connectivity index (χ0) is 14.0. The Morgan fingerprint density at radius 3 is 2.60 bits per heavy atom. The fourth-order valence-electron chi connectivity index (χ4n) is 2.78. The van der Waals surface area contributed by atoms with Crippen molar-refractivity contribution in [3.63, 3.8) is 0 Å². The summed E-state index contributed by atoms with van der Waals surface area (Å²) in [5.41, 5.74) is 0.416. The molecular formula is C15H18N2O3. The fraction of sp³-hybridized carbons (Fsp3) is 0.467. The van der Waals surface area contributed by atoms with Crippen molar-refractivity contribution in [1.82, 2.24) is 10.1 Å². The lowest BCUT2D eigenvalue weighted by molar-refractivity contribution is -0.0469. The highest BCUT2D eigenvalue weighted by atomic mass is 16.5. The van der Waals surface area contributed by atoms with Crippen LogP contribution in [0.3, 0.4) is 0 Å². The molecule has 1 aromatic carbocycles. The summed E-state index contributed by atoms with van der Waals surface area (Å²) in [7, 11) is 0. The second-order valence-corrected chi connectivity index (χ2v) is 5.10. The van der Waals surface area contributed by atoms with E-state index < -0.39 is 0 Å². The zero-order valence-corrected chi connectivity index (χ0v) is 11.5. The quantitative estimate of drug-likeness (QED) is 0.926. The lowest BCUT2D eigenvalue weighted by Gasteiger charge is -2.24. The Labute approximate surface area is 117 Å². The topological polar surface area (TPSA) is 68.4 Å². The van der Waals surface area contributed by atoms with Crippen LogP contribution in [0, 0.1) is 0 Å². The van der Waals surface area contributed by atoms with Crippen molar-refractivity contribution in [3.8, 4) is 17.2 Å². The summed E-state index contributed by atoms with van der Waals surface area (Å²) in [6.07, 6.45) is 4.14. The summed E-state index contributed by atoms with van der Waals surface area (Å²) in [4.78, 5) is 4.50. The third-order valence-electron chi connectivity index (χ3n) is 3.78. The third-order valence-corrected chi connectivity index (χ3v) is 3.78. The minimum atomic E-state index is -0.382. The summed E-state index contributed by atoms with van der Waals surface area (Å²) in [5.74, 6) is 1.32. The molecule has 3 rings (SSSR count). The molecule has 5 heteroatoms. The Balaban J connectivity index is 1.91. The number of ether oxygens (including phenoxy) is 1.